The Morgan fingerprint density at radius 2 is 1.85 bits per heavy atom. The van der Waals surface area contributed by atoms with Gasteiger partial charge in [-0.25, -0.2) is 8.78 Å². The van der Waals surface area contributed by atoms with Crippen LogP contribution in [0.15, 0.2) is 0 Å². The van der Waals surface area contributed by atoms with Crippen molar-refractivity contribution < 1.29 is 13.9 Å². The number of alkyl halides is 2. The van der Waals surface area contributed by atoms with Gasteiger partial charge in [-0.3, -0.25) is 0 Å². The van der Waals surface area contributed by atoms with Crippen molar-refractivity contribution in [3.05, 3.63) is 0 Å². The van der Waals surface area contributed by atoms with Crippen LogP contribution in [0.5, 0.6) is 0 Å². The summed E-state index contributed by atoms with van der Waals surface area (Å²) < 4.78 is 25.1. The molecule has 0 aliphatic heterocycles. The van der Waals surface area contributed by atoms with Gasteiger partial charge in [0.1, 0.15) is 6.61 Å². The smallest absolute Gasteiger partial charge is 0.282 e. The monoisotopic (exact) mass is 195 g/mol. The fourth-order valence-corrected chi connectivity index (χ4v) is 1.17. The van der Waals surface area contributed by atoms with Gasteiger partial charge < -0.3 is 10.4 Å². The zero-order valence-corrected chi connectivity index (χ0v) is 8.48. The quantitative estimate of drug-likeness (QED) is 0.675. The highest BCUT2D eigenvalue weighted by molar-refractivity contribution is 4.71. The van der Waals surface area contributed by atoms with Crippen molar-refractivity contribution in [1.29, 1.82) is 0 Å². The first-order valence-electron chi connectivity index (χ1n) is 4.59. The van der Waals surface area contributed by atoms with Gasteiger partial charge in [0.25, 0.3) is 5.92 Å². The van der Waals surface area contributed by atoms with Gasteiger partial charge in [0, 0.05) is 6.04 Å². The maximum absolute atomic E-state index is 12.5. The van der Waals surface area contributed by atoms with Crippen LogP contribution in [-0.2, 0) is 0 Å². The van der Waals surface area contributed by atoms with Crippen molar-refractivity contribution in [2.45, 2.75) is 39.2 Å². The van der Waals surface area contributed by atoms with Crippen LogP contribution in [0.1, 0.15) is 27.2 Å². The fourth-order valence-electron chi connectivity index (χ4n) is 1.17. The lowest BCUT2D eigenvalue weighted by molar-refractivity contribution is -0.0493. The molecule has 0 aliphatic rings. The molecule has 2 nitrogen and oxygen atoms in total. The van der Waals surface area contributed by atoms with E-state index < -0.39 is 19.1 Å². The molecule has 13 heavy (non-hydrogen) atoms. The lowest BCUT2D eigenvalue weighted by Crippen LogP contribution is -2.40. The van der Waals surface area contributed by atoms with Gasteiger partial charge in [-0.15, -0.1) is 0 Å². The zero-order valence-electron chi connectivity index (χ0n) is 8.48. The Hall–Kier alpha value is -0.220. The summed E-state index contributed by atoms with van der Waals surface area (Å²) in [5, 5.41) is 11.0. The maximum atomic E-state index is 12.5. The summed E-state index contributed by atoms with van der Waals surface area (Å²) in [5.74, 6) is -2.50. The minimum atomic E-state index is -2.99. The van der Waals surface area contributed by atoms with E-state index in [-0.39, 0.29) is 6.04 Å². The third kappa shape index (κ3) is 6.90. The third-order valence-electron chi connectivity index (χ3n) is 1.77. The Labute approximate surface area is 78.3 Å². The van der Waals surface area contributed by atoms with Crippen molar-refractivity contribution >= 4 is 0 Å². The zero-order chi connectivity index (χ0) is 10.5. The van der Waals surface area contributed by atoms with Crippen molar-refractivity contribution in [3.63, 3.8) is 0 Å². The van der Waals surface area contributed by atoms with E-state index in [1.165, 1.54) is 0 Å². The van der Waals surface area contributed by atoms with Gasteiger partial charge >= 0.3 is 0 Å². The van der Waals surface area contributed by atoms with Crippen molar-refractivity contribution in [2.75, 3.05) is 13.2 Å². The van der Waals surface area contributed by atoms with Crippen molar-refractivity contribution in [2.24, 2.45) is 5.92 Å². The van der Waals surface area contributed by atoms with E-state index >= 15 is 0 Å². The number of hydrogen-bond acceptors (Lipinski definition) is 2. The normalized spacial score (nSPS) is 15.0. The molecule has 2 N–H and O–H groups in total. The van der Waals surface area contributed by atoms with Gasteiger partial charge in [0.05, 0.1) is 6.54 Å². The molecule has 0 aliphatic carbocycles. The Morgan fingerprint density at radius 1 is 1.31 bits per heavy atom. The first-order chi connectivity index (χ1) is 5.87. The van der Waals surface area contributed by atoms with Crippen molar-refractivity contribution in [3.8, 4) is 0 Å². The molecule has 1 atom stereocenters. The maximum Gasteiger partial charge on any atom is 0.282 e. The second-order valence-electron chi connectivity index (χ2n) is 3.93. The third-order valence-corrected chi connectivity index (χ3v) is 1.77. The predicted molar refractivity (Wildman–Crippen MR) is 49.0 cm³/mol. The lowest BCUT2D eigenvalue weighted by Gasteiger charge is -2.19. The van der Waals surface area contributed by atoms with Crippen LogP contribution in [0.4, 0.5) is 8.78 Å². The summed E-state index contributed by atoms with van der Waals surface area (Å²) >= 11 is 0. The largest absolute Gasteiger partial charge is 0.390 e. The van der Waals surface area contributed by atoms with Crippen LogP contribution in [0.3, 0.4) is 0 Å². The van der Waals surface area contributed by atoms with Crippen LogP contribution in [-0.4, -0.2) is 30.2 Å². The van der Waals surface area contributed by atoms with E-state index in [1.807, 2.05) is 20.8 Å². The molecule has 0 saturated heterocycles. The molecule has 0 spiro atoms. The molecule has 0 radical (unpaired) electrons. The van der Waals surface area contributed by atoms with Gasteiger partial charge in [-0.05, 0) is 19.3 Å². The van der Waals surface area contributed by atoms with Gasteiger partial charge in [-0.2, -0.15) is 0 Å². The Balaban J connectivity index is 3.63. The predicted octanol–water partition coefficient (Wildman–Crippen LogP) is 1.64. The average molecular weight is 195 g/mol. The van der Waals surface area contributed by atoms with Gasteiger partial charge in [-0.1, -0.05) is 13.8 Å². The standard InChI is InChI=1S/C9H19F2NO/c1-7(2)4-8(3)12-5-9(10,11)6-13/h7-8,12-13H,4-6H2,1-3H3. The topological polar surface area (TPSA) is 32.3 Å². The highest BCUT2D eigenvalue weighted by atomic mass is 19.3. The van der Waals surface area contributed by atoms with Crippen molar-refractivity contribution in [1.82, 2.24) is 5.32 Å². The van der Waals surface area contributed by atoms with E-state index in [2.05, 4.69) is 5.32 Å². The Morgan fingerprint density at radius 3 is 2.23 bits per heavy atom. The SMILES string of the molecule is CC(C)CC(C)NCC(F)(F)CO. The minimum Gasteiger partial charge on any atom is -0.390 e. The molecule has 0 heterocycles. The molecule has 1 unspecified atom stereocenters. The average Bonchev–Trinajstić information content (AvgIpc) is 2.00. The number of halogens is 2. The summed E-state index contributed by atoms with van der Waals surface area (Å²) in [6.45, 7) is 4.42. The molecule has 4 heteroatoms. The molecule has 0 saturated carbocycles. The number of aliphatic hydroxyl groups is 1. The lowest BCUT2D eigenvalue weighted by atomic mass is 10.1. The summed E-state index contributed by atoms with van der Waals surface area (Å²) in [4.78, 5) is 0. The number of aliphatic hydroxyl groups excluding tert-OH is 1. The van der Waals surface area contributed by atoms with E-state index in [4.69, 9.17) is 5.11 Å². The molecule has 80 valence electrons. The Kier molecular flexibility index (Phi) is 5.40. The van der Waals surface area contributed by atoms with E-state index in [0.717, 1.165) is 6.42 Å². The van der Waals surface area contributed by atoms with Crippen LogP contribution in [0, 0.1) is 5.92 Å². The number of nitrogens with one attached hydrogen (secondary N) is 1. The molecule has 0 rings (SSSR count). The van der Waals surface area contributed by atoms with Gasteiger partial charge in [0.15, 0.2) is 0 Å². The van der Waals surface area contributed by atoms with Crippen LogP contribution >= 0.6 is 0 Å². The fraction of sp³-hybridized carbons (Fsp3) is 1.00. The van der Waals surface area contributed by atoms with E-state index in [0.29, 0.717) is 5.92 Å². The number of hydrogen-bond donors (Lipinski definition) is 2. The van der Waals surface area contributed by atoms with Gasteiger partial charge in [0.2, 0.25) is 0 Å². The van der Waals surface area contributed by atoms with Crippen LogP contribution < -0.4 is 5.32 Å². The van der Waals surface area contributed by atoms with Crippen LogP contribution in [0.2, 0.25) is 0 Å². The molecule has 0 amide bonds. The highest BCUT2D eigenvalue weighted by Crippen LogP contribution is 2.11. The summed E-state index contributed by atoms with van der Waals surface area (Å²) in [5.41, 5.74) is 0. The molecule has 0 aromatic heterocycles. The highest BCUT2D eigenvalue weighted by Gasteiger charge is 2.27. The molecular weight excluding hydrogens is 176 g/mol. The number of rotatable bonds is 6. The minimum absolute atomic E-state index is 0.0671. The Bertz CT molecular complexity index is 140. The second kappa shape index (κ2) is 5.50. The summed E-state index contributed by atoms with van der Waals surface area (Å²) in [7, 11) is 0. The summed E-state index contributed by atoms with van der Waals surface area (Å²) in [6.07, 6.45) is 0.863. The first-order valence-corrected chi connectivity index (χ1v) is 4.59. The van der Waals surface area contributed by atoms with E-state index in [9.17, 15) is 8.78 Å². The molecule has 0 bridgehead atoms. The molecule has 0 aromatic rings. The summed E-state index contributed by atoms with van der Waals surface area (Å²) in [6, 6.07) is 0.0671. The first kappa shape index (κ1) is 12.8. The molecular formula is C9H19F2NO. The van der Waals surface area contributed by atoms with Crippen LogP contribution in [0.25, 0.3) is 0 Å². The second-order valence-corrected chi connectivity index (χ2v) is 3.93. The molecule has 0 fully saturated rings. The van der Waals surface area contributed by atoms with E-state index in [1.54, 1.807) is 0 Å². The molecule has 0 aromatic carbocycles.